The second-order valence-electron chi connectivity index (χ2n) is 6.44. The first-order chi connectivity index (χ1) is 10.8. The summed E-state index contributed by atoms with van der Waals surface area (Å²) in [6, 6.07) is 5.06. The van der Waals surface area contributed by atoms with Crippen LogP contribution in [-0.2, 0) is 17.4 Å². The minimum atomic E-state index is -4.38. The van der Waals surface area contributed by atoms with Gasteiger partial charge in [0.05, 0.1) is 17.7 Å². The Labute approximate surface area is 133 Å². The van der Waals surface area contributed by atoms with Crippen LogP contribution >= 0.6 is 0 Å². The van der Waals surface area contributed by atoms with Crippen LogP contribution in [0.1, 0.15) is 43.7 Å². The minimum absolute atomic E-state index is 0.102. The smallest absolute Gasteiger partial charge is 0.394 e. The number of aliphatic hydroxyl groups is 1. The number of carbonyl (C=O) groups excluding carboxylic acids is 1. The van der Waals surface area contributed by atoms with Gasteiger partial charge in [-0.1, -0.05) is 38.0 Å². The number of alkyl halides is 3. The lowest BCUT2D eigenvalue weighted by molar-refractivity contribution is -0.137. The molecule has 2 rings (SSSR count). The molecule has 1 aromatic carbocycles. The molecular formula is C17H22F3NO2. The van der Waals surface area contributed by atoms with Crippen molar-refractivity contribution in [3.8, 4) is 0 Å². The van der Waals surface area contributed by atoms with Crippen LogP contribution in [0.3, 0.4) is 0 Å². The highest BCUT2D eigenvalue weighted by Gasteiger charge is 2.35. The Kier molecular flexibility index (Phi) is 5.34. The molecule has 0 saturated heterocycles. The van der Waals surface area contributed by atoms with Crippen LogP contribution in [0.15, 0.2) is 24.3 Å². The largest absolute Gasteiger partial charge is 0.416 e. The maximum Gasteiger partial charge on any atom is 0.416 e. The van der Waals surface area contributed by atoms with E-state index in [1.165, 1.54) is 6.07 Å². The topological polar surface area (TPSA) is 49.3 Å². The molecule has 1 fully saturated rings. The van der Waals surface area contributed by atoms with E-state index in [9.17, 15) is 23.1 Å². The van der Waals surface area contributed by atoms with E-state index in [0.29, 0.717) is 5.56 Å². The number of carbonyl (C=O) groups is 1. The Morgan fingerprint density at radius 2 is 2.00 bits per heavy atom. The molecule has 1 amide bonds. The minimum Gasteiger partial charge on any atom is -0.394 e. The van der Waals surface area contributed by atoms with Crippen molar-refractivity contribution in [1.29, 1.82) is 0 Å². The number of nitrogens with one attached hydrogen (secondary N) is 1. The van der Waals surface area contributed by atoms with Gasteiger partial charge in [-0.15, -0.1) is 0 Å². The fraction of sp³-hybridized carbons (Fsp3) is 0.588. The Hall–Kier alpha value is -1.56. The van der Waals surface area contributed by atoms with Crippen LogP contribution in [0.25, 0.3) is 0 Å². The predicted octanol–water partition coefficient (Wildman–Crippen LogP) is 3.31. The van der Waals surface area contributed by atoms with Gasteiger partial charge < -0.3 is 10.4 Å². The molecule has 6 heteroatoms. The highest BCUT2D eigenvalue weighted by molar-refractivity contribution is 5.79. The van der Waals surface area contributed by atoms with Gasteiger partial charge in [-0.25, -0.2) is 0 Å². The number of hydrogen-bond acceptors (Lipinski definition) is 2. The fourth-order valence-corrected chi connectivity index (χ4v) is 3.08. The van der Waals surface area contributed by atoms with Gasteiger partial charge in [0.25, 0.3) is 0 Å². The first kappa shape index (κ1) is 17.8. The summed E-state index contributed by atoms with van der Waals surface area (Å²) in [4.78, 5) is 12.3. The van der Waals surface area contributed by atoms with E-state index >= 15 is 0 Å². The maximum atomic E-state index is 12.7. The maximum absolute atomic E-state index is 12.7. The second-order valence-corrected chi connectivity index (χ2v) is 6.44. The molecule has 1 saturated carbocycles. The number of aliphatic hydroxyl groups excluding tert-OH is 1. The van der Waals surface area contributed by atoms with Crippen LogP contribution in [0.4, 0.5) is 13.2 Å². The number of halogens is 3. The van der Waals surface area contributed by atoms with E-state index in [0.717, 1.165) is 37.8 Å². The van der Waals surface area contributed by atoms with E-state index in [2.05, 4.69) is 5.32 Å². The molecule has 1 aliphatic rings. The Balaban J connectivity index is 2.01. The fourth-order valence-electron chi connectivity index (χ4n) is 3.08. The summed E-state index contributed by atoms with van der Waals surface area (Å²) in [6.45, 7) is 1.59. The number of amides is 1. The van der Waals surface area contributed by atoms with Gasteiger partial charge in [0.15, 0.2) is 0 Å². The summed E-state index contributed by atoms with van der Waals surface area (Å²) in [5, 5.41) is 12.4. The van der Waals surface area contributed by atoms with Gasteiger partial charge in [0, 0.05) is 5.92 Å². The lowest BCUT2D eigenvalue weighted by Crippen LogP contribution is -2.51. The van der Waals surface area contributed by atoms with Crippen LogP contribution in [0.5, 0.6) is 0 Å². The van der Waals surface area contributed by atoms with Gasteiger partial charge in [-0.3, -0.25) is 4.79 Å². The number of benzene rings is 1. The summed E-state index contributed by atoms with van der Waals surface area (Å²) in [5.74, 6) is -0.680. The van der Waals surface area contributed by atoms with Gasteiger partial charge in [-0.05, 0) is 30.9 Å². The third-order valence-corrected chi connectivity index (χ3v) is 4.50. The quantitative estimate of drug-likeness (QED) is 0.871. The molecule has 0 heterocycles. The average molecular weight is 329 g/mol. The van der Waals surface area contributed by atoms with Crippen molar-refractivity contribution < 1.29 is 23.1 Å². The van der Waals surface area contributed by atoms with Gasteiger partial charge >= 0.3 is 6.18 Å². The molecule has 0 radical (unpaired) electrons. The van der Waals surface area contributed by atoms with E-state index in [1.54, 1.807) is 13.0 Å². The molecule has 23 heavy (non-hydrogen) atoms. The summed E-state index contributed by atoms with van der Waals surface area (Å²) >= 11 is 0. The molecule has 0 aromatic heterocycles. The average Bonchev–Trinajstić information content (AvgIpc) is 2.95. The molecule has 0 aliphatic heterocycles. The predicted molar refractivity (Wildman–Crippen MR) is 80.7 cm³/mol. The third kappa shape index (κ3) is 4.47. The zero-order valence-corrected chi connectivity index (χ0v) is 13.1. The highest BCUT2D eigenvalue weighted by Crippen LogP contribution is 2.31. The summed E-state index contributed by atoms with van der Waals surface area (Å²) < 4.78 is 38.2. The van der Waals surface area contributed by atoms with E-state index < -0.39 is 23.2 Å². The van der Waals surface area contributed by atoms with E-state index in [-0.39, 0.29) is 18.9 Å². The van der Waals surface area contributed by atoms with Crippen molar-refractivity contribution in [1.82, 2.24) is 5.32 Å². The Morgan fingerprint density at radius 3 is 2.57 bits per heavy atom. The van der Waals surface area contributed by atoms with Crippen molar-refractivity contribution in [3.05, 3.63) is 35.4 Å². The van der Waals surface area contributed by atoms with Gasteiger partial charge in [0.2, 0.25) is 5.91 Å². The summed E-state index contributed by atoms with van der Waals surface area (Å²) in [6.07, 6.45) is -0.744. The first-order valence-electron chi connectivity index (χ1n) is 7.85. The van der Waals surface area contributed by atoms with Gasteiger partial charge in [0.1, 0.15) is 0 Å². The van der Waals surface area contributed by atoms with E-state index in [4.69, 9.17) is 0 Å². The molecule has 128 valence electrons. The molecule has 1 aromatic rings. The van der Waals surface area contributed by atoms with Crippen molar-refractivity contribution in [2.24, 2.45) is 5.92 Å². The molecule has 1 unspecified atom stereocenters. The SMILES string of the molecule is CC(Cc1cccc(C(F)(F)F)c1)C(=O)NC1(CO)CCCC1. The molecule has 0 spiro atoms. The lowest BCUT2D eigenvalue weighted by atomic mass is 9.94. The normalized spacial score (nSPS) is 18.7. The monoisotopic (exact) mass is 329 g/mol. The van der Waals surface area contributed by atoms with Crippen LogP contribution in [0, 0.1) is 5.92 Å². The Morgan fingerprint density at radius 1 is 1.35 bits per heavy atom. The van der Waals surface area contributed by atoms with Crippen LogP contribution in [0.2, 0.25) is 0 Å². The second kappa shape index (κ2) is 6.91. The standard InChI is InChI=1S/C17H22F3NO2/c1-12(15(23)21-16(11-22)7-2-3-8-16)9-13-5-4-6-14(10-13)17(18,19)20/h4-6,10,12,22H,2-3,7-9,11H2,1H3,(H,21,23). The molecule has 1 atom stereocenters. The molecule has 2 N–H and O–H groups in total. The lowest BCUT2D eigenvalue weighted by Gasteiger charge is -2.29. The van der Waals surface area contributed by atoms with Crippen LogP contribution < -0.4 is 5.32 Å². The Bertz CT molecular complexity index is 551. The summed E-state index contributed by atoms with van der Waals surface area (Å²) in [7, 11) is 0. The van der Waals surface area contributed by atoms with Crippen LogP contribution in [-0.4, -0.2) is 23.2 Å². The molecular weight excluding hydrogens is 307 g/mol. The van der Waals surface area contributed by atoms with Crippen molar-refractivity contribution >= 4 is 5.91 Å². The van der Waals surface area contributed by atoms with Crippen molar-refractivity contribution in [2.45, 2.75) is 50.7 Å². The molecule has 0 bridgehead atoms. The molecule has 1 aliphatic carbocycles. The number of rotatable bonds is 5. The highest BCUT2D eigenvalue weighted by atomic mass is 19.4. The number of hydrogen-bond donors (Lipinski definition) is 2. The van der Waals surface area contributed by atoms with Crippen molar-refractivity contribution in [2.75, 3.05) is 6.61 Å². The van der Waals surface area contributed by atoms with E-state index in [1.807, 2.05) is 0 Å². The zero-order valence-electron chi connectivity index (χ0n) is 13.1. The first-order valence-corrected chi connectivity index (χ1v) is 7.85. The zero-order chi connectivity index (χ0) is 17.1. The molecule has 3 nitrogen and oxygen atoms in total. The third-order valence-electron chi connectivity index (χ3n) is 4.50. The summed E-state index contributed by atoms with van der Waals surface area (Å²) in [5.41, 5.74) is -0.781. The van der Waals surface area contributed by atoms with Crippen molar-refractivity contribution in [3.63, 3.8) is 0 Å². The van der Waals surface area contributed by atoms with Gasteiger partial charge in [-0.2, -0.15) is 13.2 Å².